The lowest BCUT2D eigenvalue weighted by atomic mass is 9.73. The zero-order valence-corrected chi connectivity index (χ0v) is 15.5. The molecule has 0 aliphatic carbocycles. The molecule has 5 heteroatoms. The quantitative estimate of drug-likeness (QED) is 0.478. The van der Waals surface area contributed by atoms with Gasteiger partial charge in [-0.05, 0) is 33.1 Å². The van der Waals surface area contributed by atoms with Gasteiger partial charge in [0.25, 0.3) is 0 Å². The van der Waals surface area contributed by atoms with Crippen LogP contribution in [0.25, 0.3) is 0 Å². The molecule has 0 N–H and O–H groups in total. The van der Waals surface area contributed by atoms with Gasteiger partial charge in [0.1, 0.15) is 11.5 Å². The molecule has 2 atom stereocenters. The fraction of sp³-hybridized carbons (Fsp3) is 0.889. The Labute approximate surface area is 141 Å². The molecule has 23 heavy (non-hydrogen) atoms. The summed E-state index contributed by atoms with van der Waals surface area (Å²) in [6.45, 7) is 10.2. The van der Waals surface area contributed by atoms with Crippen LogP contribution < -0.4 is 0 Å². The SMILES string of the molecule is CCCCC(OC(=O)OCC)C(CC)(CCCC)C(=O)OCC. The average molecular weight is 330 g/mol. The van der Waals surface area contributed by atoms with Gasteiger partial charge in [-0.2, -0.15) is 0 Å². The predicted octanol–water partition coefficient (Wildman–Crippen LogP) is 4.87. The van der Waals surface area contributed by atoms with E-state index >= 15 is 0 Å². The summed E-state index contributed by atoms with van der Waals surface area (Å²) in [5, 5.41) is 0. The van der Waals surface area contributed by atoms with Crippen LogP contribution in [-0.2, 0) is 19.0 Å². The second-order valence-corrected chi connectivity index (χ2v) is 5.77. The largest absolute Gasteiger partial charge is 0.508 e. The third-order valence-electron chi connectivity index (χ3n) is 4.23. The molecule has 0 aromatic rings. The summed E-state index contributed by atoms with van der Waals surface area (Å²) in [5.41, 5.74) is -0.784. The van der Waals surface area contributed by atoms with E-state index in [-0.39, 0.29) is 12.6 Å². The maximum Gasteiger partial charge on any atom is 0.508 e. The molecule has 0 aromatic heterocycles. The van der Waals surface area contributed by atoms with Crippen LogP contribution in [0, 0.1) is 5.41 Å². The molecular weight excluding hydrogens is 296 g/mol. The van der Waals surface area contributed by atoms with E-state index in [2.05, 4.69) is 13.8 Å². The molecule has 0 fully saturated rings. The summed E-state index contributed by atoms with van der Waals surface area (Å²) in [4.78, 5) is 24.5. The molecule has 0 heterocycles. The van der Waals surface area contributed by atoms with Crippen molar-refractivity contribution in [3.63, 3.8) is 0 Å². The highest BCUT2D eigenvalue weighted by Crippen LogP contribution is 2.39. The van der Waals surface area contributed by atoms with Gasteiger partial charge in [-0.3, -0.25) is 4.79 Å². The number of hydrogen-bond acceptors (Lipinski definition) is 5. The fourth-order valence-corrected chi connectivity index (χ4v) is 2.82. The molecule has 5 nitrogen and oxygen atoms in total. The van der Waals surface area contributed by atoms with Crippen LogP contribution in [0.1, 0.15) is 79.6 Å². The minimum atomic E-state index is -0.784. The lowest BCUT2D eigenvalue weighted by Crippen LogP contribution is -2.46. The highest BCUT2D eigenvalue weighted by atomic mass is 16.7. The molecule has 2 unspecified atom stereocenters. The number of hydrogen-bond donors (Lipinski definition) is 0. The maximum atomic E-state index is 12.7. The third kappa shape index (κ3) is 6.80. The smallest absolute Gasteiger partial charge is 0.465 e. The van der Waals surface area contributed by atoms with Crippen LogP contribution in [-0.4, -0.2) is 31.4 Å². The number of esters is 1. The molecule has 0 amide bonds. The normalized spacial score (nSPS) is 14.7. The second-order valence-electron chi connectivity index (χ2n) is 5.77. The molecule has 0 aliphatic rings. The summed E-state index contributed by atoms with van der Waals surface area (Å²) >= 11 is 0. The van der Waals surface area contributed by atoms with E-state index in [9.17, 15) is 9.59 Å². The van der Waals surface area contributed by atoms with Gasteiger partial charge in [-0.25, -0.2) is 4.79 Å². The van der Waals surface area contributed by atoms with Crippen LogP contribution in [0.5, 0.6) is 0 Å². The van der Waals surface area contributed by atoms with E-state index in [0.29, 0.717) is 25.9 Å². The summed E-state index contributed by atoms with van der Waals surface area (Å²) in [6, 6.07) is 0. The summed E-state index contributed by atoms with van der Waals surface area (Å²) in [7, 11) is 0. The van der Waals surface area contributed by atoms with E-state index in [1.165, 1.54) is 0 Å². The van der Waals surface area contributed by atoms with Crippen LogP contribution in [0.2, 0.25) is 0 Å². The van der Waals surface area contributed by atoms with Crippen molar-refractivity contribution in [3.8, 4) is 0 Å². The fourth-order valence-electron chi connectivity index (χ4n) is 2.82. The van der Waals surface area contributed by atoms with E-state index in [1.807, 2.05) is 6.92 Å². The van der Waals surface area contributed by atoms with Crippen molar-refractivity contribution >= 4 is 12.1 Å². The molecule has 0 aromatic carbocycles. The molecule has 0 saturated heterocycles. The van der Waals surface area contributed by atoms with E-state index in [1.54, 1.807) is 13.8 Å². The Bertz CT molecular complexity index is 342. The van der Waals surface area contributed by atoms with Crippen molar-refractivity contribution in [2.45, 2.75) is 85.7 Å². The highest BCUT2D eigenvalue weighted by molar-refractivity contribution is 5.78. The van der Waals surface area contributed by atoms with Crippen LogP contribution >= 0.6 is 0 Å². The zero-order valence-electron chi connectivity index (χ0n) is 15.5. The van der Waals surface area contributed by atoms with Gasteiger partial charge in [0.15, 0.2) is 0 Å². The Morgan fingerprint density at radius 1 is 0.913 bits per heavy atom. The Kier molecular flexibility index (Phi) is 11.5. The van der Waals surface area contributed by atoms with Crippen LogP contribution in [0.15, 0.2) is 0 Å². The number of unbranched alkanes of at least 4 members (excludes halogenated alkanes) is 2. The van der Waals surface area contributed by atoms with E-state index in [4.69, 9.17) is 14.2 Å². The molecule has 0 bridgehead atoms. The molecule has 0 saturated carbocycles. The van der Waals surface area contributed by atoms with Gasteiger partial charge in [0, 0.05) is 0 Å². The number of carbonyl (C=O) groups excluding carboxylic acids is 2. The standard InChI is InChI=1S/C18H34O5/c1-6-11-13-15(23-17(20)22-10-5)18(8-3,14-12-7-2)16(19)21-9-4/h15H,6-14H2,1-5H3. The van der Waals surface area contributed by atoms with Crippen LogP contribution in [0.4, 0.5) is 4.79 Å². The van der Waals surface area contributed by atoms with Crippen molar-refractivity contribution in [1.29, 1.82) is 0 Å². The van der Waals surface area contributed by atoms with Gasteiger partial charge in [0.2, 0.25) is 0 Å². The minimum Gasteiger partial charge on any atom is -0.465 e. The van der Waals surface area contributed by atoms with Crippen LogP contribution in [0.3, 0.4) is 0 Å². The number of ether oxygens (including phenoxy) is 3. The van der Waals surface area contributed by atoms with Gasteiger partial charge >= 0.3 is 12.1 Å². The summed E-state index contributed by atoms with van der Waals surface area (Å²) in [5.74, 6) is -0.263. The number of carbonyl (C=O) groups is 2. The first kappa shape index (κ1) is 21.7. The average Bonchev–Trinajstić information content (AvgIpc) is 2.53. The van der Waals surface area contributed by atoms with Crippen molar-refractivity contribution < 1.29 is 23.8 Å². The van der Waals surface area contributed by atoms with Crippen molar-refractivity contribution in [1.82, 2.24) is 0 Å². The van der Waals surface area contributed by atoms with E-state index < -0.39 is 17.7 Å². The minimum absolute atomic E-state index is 0.257. The first-order valence-electron chi connectivity index (χ1n) is 9.02. The number of rotatable bonds is 12. The van der Waals surface area contributed by atoms with Gasteiger partial charge in [0.05, 0.1) is 13.2 Å². The molecule has 136 valence electrons. The monoisotopic (exact) mass is 330 g/mol. The summed E-state index contributed by atoms with van der Waals surface area (Å²) in [6.07, 6.45) is 4.40. The first-order valence-corrected chi connectivity index (χ1v) is 9.02. The first-order chi connectivity index (χ1) is 11.0. The van der Waals surface area contributed by atoms with Gasteiger partial charge < -0.3 is 14.2 Å². The Morgan fingerprint density at radius 3 is 2.00 bits per heavy atom. The van der Waals surface area contributed by atoms with Crippen molar-refractivity contribution in [2.75, 3.05) is 13.2 Å². The third-order valence-corrected chi connectivity index (χ3v) is 4.23. The highest BCUT2D eigenvalue weighted by Gasteiger charge is 2.47. The Hall–Kier alpha value is -1.26. The van der Waals surface area contributed by atoms with Gasteiger partial charge in [-0.15, -0.1) is 0 Å². The van der Waals surface area contributed by atoms with Crippen molar-refractivity contribution in [2.24, 2.45) is 5.41 Å². The lowest BCUT2D eigenvalue weighted by Gasteiger charge is -2.37. The van der Waals surface area contributed by atoms with E-state index in [0.717, 1.165) is 25.7 Å². The van der Waals surface area contributed by atoms with Crippen molar-refractivity contribution in [3.05, 3.63) is 0 Å². The maximum absolute atomic E-state index is 12.7. The van der Waals surface area contributed by atoms with Gasteiger partial charge in [-0.1, -0.05) is 46.5 Å². The topological polar surface area (TPSA) is 61.8 Å². The predicted molar refractivity (Wildman–Crippen MR) is 90.3 cm³/mol. The second kappa shape index (κ2) is 12.2. The molecular formula is C18H34O5. The lowest BCUT2D eigenvalue weighted by molar-refractivity contribution is -0.166. The zero-order chi connectivity index (χ0) is 17.7. The summed E-state index contributed by atoms with van der Waals surface area (Å²) < 4.78 is 15.8. The Balaban J connectivity index is 5.45. The Morgan fingerprint density at radius 2 is 1.52 bits per heavy atom. The molecule has 0 radical (unpaired) electrons. The molecule has 0 rings (SSSR count). The molecule has 0 aliphatic heterocycles. The molecule has 0 spiro atoms.